The first kappa shape index (κ1) is 16.5. The normalized spacial score (nSPS) is 13.2. The molecule has 0 aromatic heterocycles. The molecule has 0 fully saturated rings. The van der Waals surface area contributed by atoms with E-state index in [4.69, 9.17) is 10.2 Å². The fourth-order valence-corrected chi connectivity index (χ4v) is 3.18. The van der Waals surface area contributed by atoms with E-state index in [2.05, 4.69) is 4.72 Å². The van der Waals surface area contributed by atoms with E-state index in [0.717, 1.165) is 12.1 Å². The van der Waals surface area contributed by atoms with Gasteiger partial charge in [-0.1, -0.05) is 6.92 Å². The Bertz CT molecular complexity index is 611. The predicted molar refractivity (Wildman–Crippen MR) is 69.6 cm³/mol. The summed E-state index contributed by atoms with van der Waals surface area (Å²) in [4.78, 5) is 10.4. The Labute approximate surface area is 116 Å². The van der Waals surface area contributed by atoms with Gasteiger partial charge >= 0.3 is 5.97 Å². The third-order valence-corrected chi connectivity index (χ3v) is 4.51. The largest absolute Gasteiger partial charge is 0.478 e. The van der Waals surface area contributed by atoms with Crippen molar-refractivity contribution in [2.45, 2.75) is 31.2 Å². The summed E-state index contributed by atoms with van der Waals surface area (Å²) in [5.41, 5.74) is -0.624. The highest BCUT2D eigenvalue weighted by molar-refractivity contribution is 7.89. The number of carbonyl (C=O) groups is 1. The number of rotatable bonds is 6. The Kier molecular flexibility index (Phi) is 5.21. The molecule has 1 atom stereocenters. The van der Waals surface area contributed by atoms with Crippen LogP contribution in [0.2, 0.25) is 0 Å². The zero-order valence-corrected chi connectivity index (χ0v) is 11.9. The molecule has 20 heavy (non-hydrogen) atoms. The van der Waals surface area contributed by atoms with Crippen LogP contribution in [0.25, 0.3) is 0 Å². The SMILES string of the molecule is CCC(CO)NS(=O)(=O)c1cc(C(=O)O)cc(F)c1C. The monoisotopic (exact) mass is 305 g/mol. The molecule has 0 aliphatic heterocycles. The molecule has 0 aliphatic carbocycles. The summed E-state index contributed by atoms with van der Waals surface area (Å²) in [6.45, 7) is 2.51. The zero-order valence-electron chi connectivity index (χ0n) is 11.1. The van der Waals surface area contributed by atoms with E-state index in [1.807, 2.05) is 0 Å². The number of sulfonamides is 1. The van der Waals surface area contributed by atoms with Crippen molar-refractivity contribution in [2.24, 2.45) is 0 Å². The number of aliphatic hydroxyl groups is 1. The number of halogens is 1. The molecule has 6 nitrogen and oxygen atoms in total. The Balaban J connectivity index is 3.34. The maximum Gasteiger partial charge on any atom is 0.335 e. The summed E-state index contributed by atoms with van der Waals surface area (Å²) in [5, 5.41) is 17.9. The molecule has 0 spiro atoms. The van der Waals surface area contributed by atoms with Crippen LogP contribution in [0, 0.1) is 12.7 Å². The van der Waals surface area contributed by atoms with Crippen molar-refractivity contribution < 1.29 is 27.8 Å². The number of aromatic carboxylic acids is 1. The fourth-order valence-electron chi connectivity index (χ4n) is 1.59. The van der Waals surface area contributed by atoms with Gasteiger partial charge in [-0.2, -0.15) is 0 Å². The van der Waals surface area contributed by atoms with E-state index in [1.165, 1.54) is 6.92 Å². The Morgan fingerprint density at radius 3 is 2.50 bits per heavy atom. The van der Waals surface area contributed by atoms with Crippen molar-refractivity contribution in [3.05, 3.63) is 29.1 Å². The molecule has 1 aromatic rings. The van der Waals surface area contributed by atoms with Crippen molar-refractivity contribution in [2.75, 3.05) is 6.61 Å². The lowest BCUT2D eigenvalue weighted by Crippen LogP contribution is -2.37. The number of carboxylic acids is 1. The summed E-state index contributed by atoms with van der Waals surface area (Å²) in [6.07, 6.45) is 0.343. The minimum absolute atomic E-state index is 0.171. The zero-order chi connectivity index (χ0) is 15.5. The lowest BCUT2D eigenvalue weighted by Gasteiger charge is -2.16. The molecule has 0 saturated heterocycles. The van der Waals surface area contributed by atoms with E-state index in [9.17, 15) is 17.6 Å². The molecule has 112 valence electrons. The molecule has 0 saturated carbocycles. The van der Waals surface area contributed by atoms with Gasteiger partial charge in [-0.05, 0) is 25.5 Å². The van der Waals surface area contributed by atoms with Gasteiger partial charge in [0, 0.05) is 11.6 Å². The number of nitrogens with one attached hydrogen (secondary N) is 1. The molecule has 0 heterocycles. The molecule has 1 rings (SSSR count). The molecule has 1 unspecified atom stereocenters. The van der Waals surface area contributed by atoms with E-state index in [-0.39, 0.29) is 5.56 Å². The van der Waals surface area contributed by atoms with Gasteiger partial charge in [-0.3, -0.25) is 0 Å². The molecule has 0 radical (unpaired) electrons. The van der Waals surface area contributed by atoms with Gasteiger partial charge in [0.25, 0.3) is 0 Å². The lowest BCUT2D eigenvalue weighted by molar-refractivity contribution is 0.0696. The summed E-state index contributed by atoms with van der Waals surface area (Å²) >= 11 is 0. The molecular formula is C12H16FNO5S. The second-order valence-electron chi connectivity index (χ2n) is 4.30. The maximum absolute atomic E-state index is 13.6. The maximum atomic E-state index is 13.6. The van der Waals surface area contributed by atoms with Crippen LogP contribution < -0.4 is 4.72 Å². The van der Waals surface area contributed by atoms with Gasteiger partial charge in [-0.15, -0.1) is 0 Å². The van der Waals surface area contributed by atoms with Gasteiger partial charge in [0.05, 0.1) is 17.1 Å². The number of carboxylic acid groups (broad SMARTS) is 1. The molecular weight excluding hydrogens is 289 g/mol. The summed E-state index contributed by atoms with van der Waals surface area (Å²) in [7, 11) is -4.11. The first-order valence-corrected chi connectivity index (χ1v) is 7.37. The average molecular weight is 305 g/mol. The Morgan fingerprint density at radius 2 is 2.05 bits per heavy atom. The van der Waals surface area contributed by atoms with E-state index < -0.39 is 44.9 Å². The molecule has 1 aromatic carbocycles. The molecule has 8 heteroatoms. The Morgan fingerprint density at radius 1 is 1.45 bits per heavy atom. The minimum Gasteiger partial charge on any atom is -0.478 e. The first-order chi connectivity index (χ1) is 9.22. The standard InChI is InChI=1S/C12H16FNO5S/c1-3-9(6-15)14-20(18,19)11-5-8(12(16)17)4-10(13)7(11)2/h4-5,9,14-15H,3,6H2,1-2H3,(H,16,17). The third-order valence-electron chi connectivity index (χ3n) is 2.87. The lowest BCUT2D eigenvalue weighted by atomic mass is 10.1. The first-order valence-electron chi connectivity index (χ1n) is 5.89. The van der Waals surface area contributed by atoms with Crippen molar-refractivity contribution in [3.8, 4) is 0 Å². The van der Waals surface area contributed by atoms with Crippen molar-refractivity contribution in [1.29, 1.82) is 0 Å². The number of hydrogen-bond acceptors (Lipinski definition) is 4. The molecule has 0 bridgehead atoms. The summed E-state index contributed by atoms with van der Waals surface area (Å²) < 4.78 is 40.1. The third kappa shape index (κ3) is 3.53. The number of benzene rings is 1. The van der Waals surface area contributed by atoms with Crippen LogP contribution in [0.3, 0.4) is 0 Å². The van der Waals surface area contributed by atoms with Crippen molar-refractivity contribution in [1.82, 2.24) is 4.72 Å². The van der Waals surface area contributed by atoms with E-state index in [0.29, 0.717) is 6.42 Å². The molecule has 0 aliphatic rings. The smallest absolute Gasteiger partial charge is 0.335 e. The van der Waals surface area contributed by atoms with Crippen LogP contribution >= 0.6 is 0 Å². The topological polar surface area (TPSA) is 104 Å². The second-order valence-corrected chi connectivity index (χ2v) is 5.98. The van der Waals surface area contributed by atoms with Crippen molar-refractivity contribution in [3.63, 3.8) is 0 Å². The van der Waals surface area contributed by atoms with Gasteiger partial charge in [0.1, 0.15) is 5.82 Å². The quantitative estimate of drug-likeness (QED) is 0.724. The predicted octanol–water partition coefficient (Wildman–Crippen LogP) is 0.882. The Hall–Kier alpha value is -1.51. The molecule has 0 amide bonds. The highest BCUT2D eigenvalue weighted by Gasteiger charge is 2.24. The second kappa shape index (κ2) is 6.29. The number of hydrogen-bond donors (Lipinski definition) is 3. The summed E-state index contributed by atoms with van der Waals surface area (Å²) in [5.74, 6) is -2.34. The number of aliphatic hydroxyl groups excluding tert-OH is 1. The van der Waals surface area contributed by atoms with Crippen molar-refractivity contribution >= 4 is 16.0 Å². The van der Waals surface area contributed by atoms with Gasteiger partial charge in [0.2, 0.25) is 10.0 Å². The highest BCUT2D eigenvalue weighted by Crippen LogP contribution is 2.21. The minimum atomic E-state index is -4.11. The van der Waals surface area contributed by atoms with Crippen LogP contribution in [0.5, 0.6) is 0 Å². The van der Waals surface area contributed by atoms with Crippen LogP contribution in [0.15, 0.2) is 17.0 Å². The average Bonchev–Trinajstić information content (AvgIpc) is 2.38. The van der Waals surface area contributed by atoms with Gasteiger partial charge in [0.15, 0.2) is 0 Å². The van der Waals surface area contributed by atoms with Crippen LogP contribution in [0.1, 0.15) is 29.3 Å². The van der Waals surface area contributed by atoms with Crippen LogP contribution in [0.4, 0.5) is 4.39 Å². The van der Waals surface area contributed by atoms with Crippen LogP contribution in [-0.2, 0) is 10.0 Å². The highest BCUT2D eigenvalue weighted by atomic mass is 32.2. The molecule has 3 N–H and O–H groups in total. The fraction of sp³-hybridized carbons (Fsp3) is 0.417. The van der Waals surface area contributed by atoms with Crippen LogP contribution in [-0.4, -0.2) is 37.2 Å². The summed E-state index contributed by atoms with van der Waals surface area (Å²) in [6, 6.07) is 0.948. The van der Waals surface area contributed by atoms with E-state index >= 15 is 0 Å². The van der Waals surface area contributed by atoms with Gasteiger partial charge in [-0.25, -0.2) is 22.3 Å². The van der Waals surface area contributed by atoms with E-state index in [1.54, 1.807) is 6.92 Å². The van der Waals surface area contributed by atoms with Gasteiger partial charge < -0.3 is 10.2 Å².